The fraction of sp³-hybridized carbons (Fsp3) is 0.778. The molecule has 0 heterocycles. The number of carbonyl (C=O) groups excluding carboxylic acids is 1. The third kappa shape index (κ3) is 5.21. The summed E-state index contributed by atoms with van der Waals surface area (Å²) in [6, 6.07) is 1.76. The van der Waals surface area contributed by atoms with Gasteiger partial charge >= 0.3 is 0 Å². The lowest BCUT2D eigenvalue weighted by molar-refractivity contribution is -0.120. The topological polar surface area (TPSA) is 78.9 Å². The Hall–Kier alpha value is -1.08. The van der Waals surface area contributed by atoms with Crippen LogP contribution >= 0.6 is 0 Å². The van der Waals surface area contributed by atoms with Crippen molar-refractivity contribution in [3.63, 3.8) is 0 Å². The van der Waals surface area contributed by atoms with Crippen molar-refractivity contribution < 1.29 is 4.79 Å². The average molecular weight is 183 g/mol. The van der Waals surface area contributed by atoms with Crippen LogP contribution in [-0.4, -0.2) is 18.5 Å². The summed E-state index contributed by atoms with van der Waals surface area (Å²) in [4.78, 5) is 10.9. The monoisotopic (exact) mass is 183 g/mol. The SMILES string of the molecule is CC(C)C(NCCCC#N)C(N)=O. The van der Waals surface area contributed by atoms with Crippen molar-refractivity contribution in [3.05, 3.63) is 0 Å². The molecule has 0 aliphatic heterocycles. The second kappa shape index (κ2) is 6.44. The Morgan fingerprint density at radius 3 is 2.62 bits per heavy atom. The van der Waals surface area contributed by atoms with Gasteiger partial charge in [-0.1, -0.05) is 13.8 Å². The number of nitrogens with two attached hydrogens (primary N) is 1. The van der Waals surface area contributed by atoms with Gasteiger partial charge in [0.15, 0.2) is 0 Å². The van der Waals surface area contributed by atoms with Crippen molar-refractivity contribution in [2.24, 2.45) is 11.7 Å². The normalized spacial score (nSPS) is 12.5. The minimum Gasteiger partial charge on any atom is -0.368 e. The zero-order valence-corrected chi connectivity index (χ0v) is 8.21. The third-order valence-corrected chi connectivity index (χ3v) is 1.80. The Bertz CT molecular complexity index is 196. The van der Waals surface area contributed by atoms with Crippen molar-refractivity contribution in [3.8, 4) is 6.07 Å². The Balaban J connectivity index is 3.72. The largest absolute Gasteiger partial charge is 0.368 e. The van der Waals surface area contributed by atoms with Crippen LogP contribution in [-0.2, 0) is 4.79 Å². The van der Waals surface area contributed by atoms with E-state index in [9.17, 15) is 4.79 Å². The van der Waals surface area contributed by atoms with E-state index in [0.717, 1.165) is 6.42 Å². The molecule has 0 aromatic rings. The van der Waals surface area contributed by atoms with Crippen LogP contribution in [0.4, 0.5) is 0 Å². The highest BCUT2D eigenvalue weighted by Crippen LogP contribution is 2.00. The quantitative estimate of drug-likeness (QED) is 0.585. The predicted octanol–water partition coefficient (Wildman–Crippen LogP) is 0.390. The van der Waals surface area contributed by atoms with Gasteiger partial charge in [0.2, 0.25) is 5.91 Å². The maximum Gasteiger partial charge on any atom is 0.234 e. The van der Waals surface area contributed by atoms with E-state index in [4.69, 9.17) is 11.0 Å². The van der Waals surface area contributed by atoms with E-state index in [1.807, 2.05) is 19.9 Å². The number of hydrogen-bond acceptors (Lipinski definition) is 3. The number of rotatable bonds is 6. The standard InChI is InChI=1S/C9H17N3O/c1-7(2)8(9(11)13)12-6-4-3-5-10/h7-8,12H,3-4,6H2,1-2H3,(H2,11,13). The average Bonchev–Trinajstić information content (AvgIpc) is 2.02. The number of unbranched alkanes of at least 4 members (excludes halogenated alkanes) is 1. The zero-order valence-electron chi connectivity index (χ0n) is 8.21. The van der Waals surface area contributed by atoms with Gasteiger partial charge in [-0.25, -0.2) is 0 Å². The molecule has 4 nitrogen and oxygen atoms in total. The molecule has 0 aromatic heterocycles. The van der Waals surface area contributed by atoms with Crippen molar-refractivity contribution in [1.82, 2.24) is 5.32 Å². The smallest absolute Gasteiger partial charge is 0.234 e. The molecule has 0 spiro atoms. The molecule has 1 unspecified atom stereocenters. The molecule has 0 radical (unpaired) electrons. The number of hydrogen-bond donors (Lipinski definition) is 2. The number of nitrogens with one attached hydrogen (secondary N) is 1. The van der Waals surface area contributed by atoms with Gasteiger partial charge < -0.3 is 11.1 Å². The first kappa shape index (κ1) is 11.9. The van der Waals surface area contributed by atoms with Crippen LogP contribution in [0.3, 0.4) is 0 Å². The van der Waals surface area contributed by atoms with E-state index in [1.165, 1.54) is 0 Å². The highest BCUT2D eigenvalue weighted by molar-refractivity contribution is 5.80. The van der Waals surface area contributed by atoms with Gasteiger partial charge in [0.1, 0.15) is 0 Å². The highest BCUT2D eigenvalue weighted by atomic mass is 16.1. The molecule has 0 aliphatic carbocycles. The predicted molar refractivity (Wildman–Crippen MR) is 50.7 cm³/mol. The molecule has 0 bridgehead atoms. The second-order valence-corrected chi connectivity index (χ2v) is 3.34. The lowest BCUT2D eigenvalue weighted by Gasteiger charge is -2.18. The number of nitriles is 1. The third-order valence-electron chi connectivity index (χ3n) is 1.80. The van der Waals surface area contributed by atoms with E-state index in [0.29, 0.717) is 13.0 Å². The van der Waals surface area contributed by atoms with Crippen LogP contribution in [0.15, 0.2) is 0 Å². The van der Waals surface area contributed by atoms with Gasteiger partial charge in [-0.05, 0) is 18.9 Å². The van der Waals surface area contributed by atoms with Crippen LogP contribution in [0, 0.1) is 17.2 Å². The van der Waals surface area contributed by atoms with E-state index in [2.05, 4.69) is 5.32 Å². The number of nitrogens with zero attached hydrogens (tertiary/aromatic N) is 1. The Morgan fingerprint density at radius 1 is 1.62 bits per heavy atom. The lowest BCUT2D eigenvalue weighted by Crippen LogP contribution is -2.45. The summed E-state index contributed by atoms with van der Waals surface area (Å²) in [6.45, 7) is 4.54. The summed E-state index contributed by atoms with van der Waals surface area (Å²) >= 11 is 0. The number of carbonyl (C=O) groups is 1. The zero-order chi connectivity index (χ0) is 10.3. The molecule has 13 heavy (non-hydrogen) atoms. The van der Waals surface area contributed by atoms with E-state index in [1.54, 1.807) is 0 Å². The molecule has 1 amide bonds. The van der Waals surface area contributed by atoms with Crippen LogP contribution in [0.1, 0.15) is 26.7 Å². The van der Waals surface area contributed by atoms with Crippen molar-refractivity contribution in [1.29, 1.82) is 5.26 Å². The van der Waals surface area contributed by atoms with Gasteiger partial charge in [0.05, 0.1) is 12.1 Å². The minimum absolute atomic E-state index is 0.194. The molecule has 3 N–H and O–H groups in total. The van der Waals surface area contributed by atoms with Crippen LogP contribution in [0.25, 0.3) is 0 Å². The summed E-state index contributed by atoms with van der Waals surface area (Å²) < 4.78 is 0. The molecule has 0 aromatic carbocycles. The Kier molecular flexibility index (Phi) is 5.90. The van der Waals surface area contributed by atoms with Gasteiger partial charge in [-0.2, -0.15) is 5.26 Å². The molecule has 0 saturated heterocycles. The minimum atomic E-state index is -0.327. The maximum absolute atomic E-state index is 10.9. The maximum atomic E-state index is 10.9. The van der Waals surface area contributed by atoms with E-state index < -0.39 is 0 Å². The molecule has 0 aliphatic rings. The summed E-state index contributed by atoms with van der Waals surface area (Å²) in [5.74, 6) is -0.133. The molecular weight excluding hydrogens is 166 g/mol. The van der Waals surface area contributed by atoms with Crippen molar-refractivity contribution >= 4 is 5.91 Å². The first-order valence-electron chi connectivity index (χ1n) is 4.49. The molecule has 1 atom stereocenters. The van der Waals surface area contributed by atoms with E-state index >= 15 is 0 Å². The first-order valence-corrected chi connectivity index (χ1v) is 4.49. The summed E-state index contributed by atoms with van der Waals surface area (Å²) in [5, 5.41) is 11.3. The molecule has 0 saturated carbocycles. The summed E-state index contributed by atoms with van der Waals surface area (Å²) in [7, 11) is 0. The van der Waals surface area contributed by atoms with Gasteiger partial charge in [0, 0.05) is 6.42 Å². The summed E-state index contributed by atoms with van der Waals surface area (Å²) in [6.07, 6.45) is 1.27. The Labute approximate surface area is 79.1 Å². The lowest BCUT2D eigenvalue weighted by atomic mass is 10.0. The second-order valence-electron chi connectivity index (χ2n) is 3.34. The number of primary amides is 1. The highest BCUT2D eigenvalue weighted by Gasteiger charge is 2.17. The molecule has 74 valence electrons. The molecule has 0 fully saturated rings. The van der Waals surface area contributed by atoms with Crippen molar-refractivity contribution in [2.75, 3.05) is 6.54 Å². The van der Waals surface area contributed by atoms with Crippen LogP contribution in [0.2, 0.25) is 0 Å². The molecular formula is C9H17N3O. The van der Waals surface area contributed by atoms with E-state index in [-0.39, 0.29) is 17.9 Å². The first-order chi connectivity index (χ1) is 6.09. The van der Waals surface area contributed by atoms with Gasteiger partial charge in [-0.15, -0.1) is 0 Å². The van der Waals surface area contributed by atoms with Crippen LogP contribution in [0.5, 0.6) is 0 Å². The van der Waals surface area contributed by atoms with Crippen molar-refractivity contribution in [2.45, 2.75) is 32.7 Å². The summed E-state index contributed by atoms with van der Waals surface area (Å²) in [5.41, 5.74) is 5.19. The molecule has 4 heteroatoms. The fourth-order valence-electron chi connectivity index (χ4n) is 1.09. The molecule has 0 rings (SSSR count). The van der Waals surface area contributed by atoms with Gasteiger partial charge in [-0.3, -0.25) is 4.79 Å². The van der Waals surface area contributed by atoms with Crippen LogP contribution < -0.4 is 11.1 Å². The Morgan fingerprint density at radius 2 is 2.23 bits per heavy atom. The number of amides is 1. The van der Waals surface area contributed by atoms with Gasteiger partial charge in [0.25, 0.3) is 0 Å². The fourth-order valence-corrected chi connectivity index (χ4v) is 1.09.